The molecule has 11 heteroatoms. The van der Waals surface area contributed by atoms with Crippen molar-refractivity contribution in [3.63, 3.8) is 0 Å². The van der Waals surface area contributed by atoms with Crippen LogP contribution in [0, 0.1) is 51.1 Å². The van der Waals surface area contributed by atoms with Crippen LogP contribution in [-0.4, -0.2) is 43.3 Å². The van der Waals surface area contributed by atoms with Crippen molar-refractivity contribution in [2.75, 3.05) is 0 Å². The van der Waals surface area contributed by atoms with E-state index in [1.807, 2.05) is 6.92 Å². The number of aliphatic carboxylic acids is 1. The second-order valence-corrected chi connectivity index (χ2v) is 19.6. The molecule has 1 N–H and O–H groups in total. The van der Waals surface area contributed by atoms with E-state index in [4.69, 9.17) is 16.3 Å². The fraction of sp³-hybridized carbons (Fsp3) is 0.705. The number of ether oxygens (including phenoxy) is 1. The summed E-state index contributed by atoms with van der Waals surface area (Å²) in [5.41, 5.74) is 0.144. The largest absolute Gasteiger partial charge is 0.481 e. The Hall–Kier alpha value is -3.27. The van der Waals surface area contributed by atoms with Gasteiger partial charge in [-0.15, -0.1) is 0 Å². The molecule has 3 saturated carbocycles. The van der Waals surface area contributed by atoms with Gasteiger partial charge in [0, 0.05) is 18.9 Å². The lowest BCUT2D eigenvalue weighted by atomic mass is 9.35. The lowest BCUT2D eigenvalue weighted by Gasteiger charge is -2.69. The molecule has 0 radical (unpaired) electrons. The maximum Gasteiger partial charge on any atom is 0.309 e. The van der Waals surface area contributed by atoms with E-state index in [0.717, 1.165) is 56.7 Å². The van der Waals surface area contributed by atoms with Crippen LogP contribution >= 0.6 is 11.6 Å². The second-order valence-electron chi connectivity index (χ2n) is 19.2. The number of carbonyl (C=O) groups is 3. The van der Waals surface area contributed by atoms with Gasteiger partial charge < -0.3 is 9.84 Å². The molecule has 302 valence electrons. The van der Waals surface area contributed by atoms with Gasteiger partial charge in [-0.1, -0.05) is 60.1 Å². The smallest absolute Gasteiger partial charge is 0.309 e. The molecule has 0 aliphatic heterocycles. The molecule has 6 rings (SSSR count). The number of pyridine rings is 1. The number of aromatic nitrogens is 3. The van der Waals surface area contributed by atoms with Gasteiger partial charge in [-0.2, -0.15) is 4.68 Å². The Morgan fingerprint density at radius 3 is 2.38 bits per heavy atom. The molecule has 0 bridgehead atoms. The van der Waals surface area contributed by atoms with Crippen LogP contribution in [-0.2, 0) is 31.6 Å². The van der Waals surface area contributed by atoms with Crippen LogP contribution in [0.1, 0.15) is 139 Å². The summed E-state index contributed by atoms with van der Waals surface area (Å²) in [6.07, 6.45) is 8.80. The van der Waals surface area contributed by atoms with Gasteiger partial charge >= 0.3 is 11.9 Å². The highest BCUT2D eigenvalue weighted by atomic mass is 35.5. The number of Topliss-reactive ketones (excluding diaryl/α,β-unsaturated/α-hetero) is 1. The number of esters is 1. The predicted molar refractivity (Wildman–Crippen MR) is 211 cm³/mol. The molecule has 0 aromatic carbocycles. The van der Waals surface area contributed by atoms with Crippen molar-refractivity contribution in [2.45, 2.75) is 144 Å². The molecule has 7 unspecified atom stereocenters. The number of hydrogen-bond acceptors (Lipinski definition) is 6. The average Bonchev–Trinajstić information content (AvgIpc) is 3.53. The van der Waals surface area contributed by atoms with E-state index in [0.29, 0.717) is 30.4 Å². The van der Waals surface area contributed by atoms with E-state index in [-0.39, 0.29) is 63.7 Å². The lowest BCUT2D eigenvalue weighted by Crippen LogP contribution is -2.62. The number of nitrogens with zero attached hydrogens (tertiary/aromatic N) is 3. The van der Waals surface area contributed by atoms with Crippen LogP contribution in [0.4, 0.5) is 4.39 Å². The van der Waals surface area contributed by atoms with Gasteiger partial charge in [-0.3, -0.25) is 23.9 Å². The third-order valence-electron chi connectivity index (χ3n) is 15.7. The van der Waals surface area contributed by atoms with Gasteiger partial charge in [0.15, 0.2) is 11.6 Å². The van der Waals surface area contributed by atoms with E-state index >= 15 is 0 Å². The summed E-state index contributed by atoms with van der Waals surface area (Å²) in [5, 5.41) is 9.65. The SMILES string of the molecule is CCC(CCC1(C)C(C)CCC2(C)C1CCC1C3=C(C(C)C)C(=O)CC3(c3c(Cl)c(=O)n(-c4ccc(F)cn4)n3C)CC[C@]12C)OC(=O)CC(C)(C)C(=O)O. The zero-order valence-corrected chi connectivity index (χ0v) is 35.2. The molecule has 0 saturated heterocycles. The van der Waals surface area contributed by atoms with Crippen molar-refractivity contribution in [1.82, 2.24) is 14.3 Å². The standard InChI is InChI=1S/C44H61ClFN3O6/c1-11-28(55-33(51)23-40(5,6)39(53)54)17-18-41(7)26(4)16-19-43(9)31(41)14-13-29-35-34(25(2)3)30(50)22-44(35,21-20-42(29,43)8)37-36(45)38(52)49(48(37)10)32-15-12-27(46)24-47-32/h12,15,24-26,28-29,31H,11,13-14,16-23H2,1-10H3,(H,53,54)/t26?,28?,29?,31?,41?,42-,43?,44?/m1/s1. The zero-order valence-electron chi connectivity index (χ0n) is 34.5. The molecule has 2 aromatic heterocycles. The minimum atomic E-state index is -1.19. The minimum absolute atomic E-state index is 0.000291. The van der Waals surface area contributed by atoms with Gasteiger partial charge in [-0.25, -0.2) is 9.37 Å². The summed E-state index contributed by atoms with van der Waals surface area (Å²) in [6, 6.07) is 2.75. The van der Waals surface area contributed by atoms with Crippen LogP contribution in [0.15, 0.2) is 34.3 Å². The Morgan fingerprint density at radius 1 is 1.09 bits per heavy atom. The summed E-state index contributed by atoms with van der Waals surface area (Å²) in [4.78, 5) is 57.0. The molecule has 2 aromatic rings. The predicted octanol–water partition coefficient (Wildman–Crippen LogP) is 9.40. The zero-order chi connectivity index (χ0) is 40.6. The van der Waals surface area contributed by atoms with Crippen LogP contribution in [0.3, 0.4) is 0 Å². The van der Waals surface area contributed by atoms with Crippen molar-refractivity contribution < 1.29 is 28.6 Å². The molecule has 4 aliphatic carbocycles. The van der Waals surface area contributed by atoms with Crippen LogP contribution < -0.4 is 5.56 Å². The molecular formula is C44H61ClFN3O6. The first-order valence-corrected chi connectivity index (χ1v) is 20.8. The highest BCUT2D eigenvalue weighted by Gasteiger charge is 2.68. The number of allylic oxidation sites excluding steroid dienone is 2. The number of rotatable bonds is 11. The Bertz CT molecular complexity index is 1970. The number of ketones is 1. The second kappa shape index (κ2) is 14.3. The first-order chi connectivity index (χ1) is 25.6. The molecule has 8 atom stereocenters. The lowest BCUT2D eigenvalue weighted by molar-refractivity contribution is -0.184. The summed E-state index contributed by atoms with van der Waals surface area (Å²) in [7, 11) is 1.80. The van der Waals surface area contributed by atoms with Crippen LogP contribution in [0.2, 0.25) is 5.02 Å². The molecule has 0 spiro atoms. The first-order valence-electron chi connectivity index (χ1n) is 20.4. The van der Waals surface area contributed by atoms with Crippen molar-refractivity contribution in [3.05, 3.63) is 56.4 Å². The summed E-state index contributed by atoms with van der Waals surface area (Å²) in [5.74, 6) is -0.613. The van der Waals surface area contributed by atoms with Gasteiger partial charge in [0.2, 0.25) is 0 Å². The van der Waals surface area contributed by atoms with E-state index in [1.165, 1.54) is 22.4 Å². The number of halogens is 2. The Kier molecular flexibility index (Phi) is 10.7. The van der Waals surface area contributed by atoms with Crippen LogP contribution in [0.25, 0.3) is 5.82 Å². The van der Waals surface area contributed by atoms with Crippen molar-refractivity contribution in [2.24, 2.45) is 52.4 Å². The number of carbonyl (C=O) groups excluding carboxylic acids is 2. The maximum absolute atomic E-state index is 14.3. The van der Waals surface area contributed by atoms with Gasteiger partial charge in [-0.05, 0) is 135 Å². The fourth-order valence-electron chi connectivity index (χ4n) is 12.2. The molecule has 3 fully saturated rings. The summed E-state index contributed by atoms with van der Waals surface area (Å²) < 4.78 is 23.0. The number of fused-ring (bicyclic) bond motifs is 5. The molecular weight excluding hydrogens is 721 g/mol. The van der Waals surface area contributed by atoms with Crippen molar-refractivity contribution in [3.8, 4) is 5.82 Å². The first kappa shape index (κ1) is 41.4. The quantitative estimate of drug-likeness (QED) is 0.226. The van der Waals surface area contributed by atoms with Gasteiger partial charge in [0.25, 0.3) is 5.56 Å². The number of carboxylic acids is 1. The normalized spacial score (nSPS) is 32.6. The third-order valence-corrected chi connectivity index (χ3v) is 16.0. The molecule has 9 nitrogen and oxygen atoms in total. The highest BCUT2D eigenvalue weighted by molar-refractivity contribution is 6.31. The average molecular weight is 782 g/mol. The van der Waals surface area contributed by atoms with Crippen LogP contribution in [0.5, 0.6) is 0 Å². The van der Waals surface area contributed by atoms with E-state index in [9.17, 15) is 28.7 Å². The van der Waals surface area contributed by atoms with Crippen molar-refractivity contribution >= 4 is 29.3 Å². The van der Waals surface area contributed by atoms with Gasteiger partial charge in [0.1, 0.15) is 16.9 Å². The van der Waals surface area contributed by atoms with Crippen molar-refractivity contribution in [1.29, 1.82) is 0 Å². The topological polar surface area (TPSA) is 120 Å². The Balaban J connectivity index is 1.36. The molecule has 0 amide bonds. The number of carboxylic acid groups (broad SMARTS) is 1. The highest BCUT2D eigenvalue weighted by Crippen LogP contribution is 2.75. The fourth-order valence-corrected chi connectivity index (χ4v) is 12.6. The van der Waals surface area contributed by atoms with E-state index in [2.05, 4.69) is 46.5 Å². The summed E-state index contributed by atoms with van der Waals surface area (Å²) in [6.45, 7) is 19.1. The maximum atomic E-state index is 14.3. The molecule has 4 aliphatic rings. The Labute approximate surface area is 330 Å². The van der Waals surface area contributed by atoms with E-state index in [1.54, 1.807) is 25.6 Å². The molecule has 2 heterocycles. The number of hydrogen-bond donors (Lipinski definition) is 1. The monoisotopic (exact) mass is 781 g/mol. The van der Waals surface area contributed by atoms with Gasteiger partial charge in [0.05, 0.1) is 23.7 Å². The molecule has 55 heavy (non-hydrogen) atoms. The summed E-state index contributed by atoms with van der Waals surface area (Å²) >= 11 is 7.07. The Morgan fingerprint density at radius 2 is 1.78 bits per heavy atom. The van der Waals surface area contributed by atoms with E-state index < -0.39 is 34.1 Å². The third kappa shape index (κ3) is 6.35. The minimum Gasteiger partial charge on any atom is -0.481 e.